The molecule has 0 aliphatic carbocycles. The molecule has 0 radical (unpaired) electrons. The summed E-state index contributed by atoms with van der Waals surface area (Å²) in [7, 11) is 2.01. The molecular weight excluding hydrogens is 476 g/mol. The molecular formula is C20H19Br2N2O3+. The van der Waals surface area contributed by atoms with E-state index in [-0.39, 0.29) is 10.6 Å². The van der Waals surface area contributed by atoms with Gasteiger partial charge in [-0.1, -0.05) is 31.9 Å². The summed E-state index contributed by atoms with van der Waals surface area (Å²) < 4.78 is 20.9. The summed E-state index contributed by atoms with van der Waals surface area (Å²) in [5, 5.41) is 0. The van der Waals surface area contributed by atoms with Crippen molar-refractivity contribution in [3.63, 3.8) is 0 Å². The molecule has 0 aromatic heterocycles. The van der Waals surface area contributed by atoms with Crippen LogP contribution in [0.25, 0.3) is 0 Å². The van der Waals surface area contributed by atoms with Crippen LogP contribution in [0.5, 0.6) is 5.75 Å². The zero-order valence-electron chi connectivity index (χ0n) is 14.7. The Labute approximate surface area is 175 Å². The van der Waals surface area contributed by atoms with Gasteiger partial charge in [0, 0.05) is 8.95 Å². The Bertz CT molecular complexity index is 856. The van der Waals surface area contributed by atoms with E-state index in [1.54, 1.807) is 6.20 Å². The van der Waals surface area contributed by atoms with Crippen LogP contribution in [0.15, 0.2) is 74.9 Å². The van der Waals surface area contributed by atoms with Crippen molar-refractivity contribution in [1.29, 1.82) is 0 Å². The van der Waals surface area contributed by atoms with Crippen molar-refractivity contribution in [2.24, 2.45) is 4.99 Å². The largest absolute Gasteiger partial charge is 0.491 e. The van der Waals surface area contributed by atoms with Crippen LogP contribution in [0.3, 0.4) is 0 Å². The molecule has 0 spiro atoms. The van der Waals surface area contributed by atoms with Crippen molar-refractivity contribution in [2.75, 3.05) is 20.3 Å². The van der Waals surface area contributed by atoms with Gasteiger partial charge in [0.15, 0.2) is 6.34 Å². The third kappa shape index (κ3) is 3.62. The van der Waals surface area contributed by atoms with E-state index >= 15 is 0 Å². The fourth-order valence-corrected chi connectivity index (χ4v) is 3.74. The van der Waals surface area contributed by atoms with Crippen LogP contribution >= 0.6 is 31.9 Å². The lowest BCUT2D eigenvalue weighted by Crippen LogP contribution is -2.56. The van der Waals surface area contributed by atoms with Gasteiger partial charge in [-0.2, -0.15) is 4.48 Å². The molecule has 7 heteroatoms. The highest BCUT2D eigenvalue weighted by molar-refractivity contribution is 9.10. The fourth-order valence-electron chi connectivity index (χ4n) is 3.21. The van der Waals surface area contributed by atoms with E-state index in [2.05, 4.69) is 36.9 Å². The normalized spacial score (nSPS) is 29.4. The van der Waals surface area contributed by atoms with E-state index in [1.165, 1.54) is 0 Å². The summed E-state index contributed by atoms with van der Waals surface area (Å²) in [6.45, 7) is 0.836. The smallest absolute Gasteiger partial charge is 0.358 e. The molecule has 2 aromatic rings. The molecule has 2 heterocycles. The topological polar surface area (TPSA) is 40.0 Å². The van der Waals surface area contributed by atoms with Crippen LogP contribution in [0, 0.1) is 0 Å². The Kier molecular flexibility index (Phi) is 5.22. The van der Waals surface area contributed by atoms with Gasteiger partial charge < -0.3 is 4.74 Å². The average molecular weight is 495 g/mol. The van der Waals surface area contributed by atoms with Crippen LogP contribution in [-0.4, -0.2) is 37.2 Å². The molecule has 4 rings (SSSR count). The van der Waals surface area contributed by atoms with Crippen molar-refractivity contribution in [3.8, 4) is 5.75 Å². The van der Waals surface area contributed by atoms with Crippen molar-refractivity contribution in [3.05, 3.63) is 75.4 Å². The molecule has 27 heavy (non-hydrogen) atoms. The van der Waals surface area contributed by atoms with Gasteiger partial charge in [-0.25, -0.2) is 4.99 Å². The van der Waals surface area contributed by atoms with Gasteiger partial charge in [0.1, 0.15) is 24.7 Å². The number of benzene rings is 2. The van der Waals surface area contributed by atoms with E-state index in [0.717, 1.165) is 20.3 Å². The van der Waals surface area contributed by atoms with Crippen LogP contribution in [-0.2, 0) is 15.4 Å². The van der Waals surface area contributed by atoms with Crippen molar-refractivity contribution >= 4 is 38.2 Å². The standard InChI is InChI=1S/C20H19Br2N2O3/c1-24(11-10-23-14-24)20(15-2-4-16(21)5-3-15)26-13-19(27-20)12-25-18-8-6-17(22)7-9-18/h2-11,14,19H,12-13H2,1H3/q+1. The molecule has 2 aromatic carbocycles. The second-order valence-corrected chi connectivity index (χ2v) is 8.45. The first kappa shape index (κ1) is 18.8. The molecule has 140 valence electrons. The summed E-state index contributed by atoms with van der Waals surface area (Å²) in [5.41, 5.74) is 0.928. The maximum absolute atomic E-state index is 6.47. The zero-order valence-corrected chi connectivity index (χ0v) is 17.9. The van der Waals surface area contributed by atoms with Crippen molar-refractivity contribution in [2.45, 2.75) is 12.0 Å². The van der Waals surface area contributed by atoms with Crippen LogP contribution in [0.1, 0.15) is 5.56 Å². The number of halogens is 2. The summed E-state index contributed by atoms with van der Waals surface area (Å²) in [4.78, 5) is 4.26. The van der Waals surface area contributed by atoms with Gasteiger partial charge in [0.05, 0.1) is 25.4 Å². The molecule has 0 bridgehead atoms. The molecule has 5 nitrogen and oxygen atoms in total. The molecule has 0 amide bonds. The van der Waals surface area contributed by atoms with Gasteiger partial charge in [0.25, 0.3) is 0 Å². The first-order valence-corrected chi connectivity index (χ1v) is 10.1. The first-order valence-electron chi connectivity index (χ1n) is 8.55. The molecule has 3 unspecified atom stereocenters. The van der Waals surface area contributed by atoms with Gasteiger partial charge in [-0.3, -0.25) is 9.47 Å². The molecule has 2 aliphatic heterocycles. The number of rotatable bonds is 5. The summed E-state index contributed by atoms with van der Waals surface area (Å²) in [6.07, 6.45) is 5.34. The maximum atomic E-state index is 6.47. The summed E-state index contributed by atoms with van der Waals surface area (Å²) in [6, 6.07) is 15.7. The Morgan fingerprint density at radius 2 is 1.78 bits per heavy atom. The Balaban J connectivity index is 1.56. The summed E-state index contributed by atoms with van der Waals surface area (Å²) >= 11 is 6.91. The molecule has 0 N–H and O–H groups in total. The predicted octanol–water partition coefficient (Wildman–Crippen LogP) is 4.78. The third-order valence-corrected chi connectivity index (χ3v) is 5.71. The molecule has 1 fully saturated rings. The minimum atomic E-state index is -0.995. The molecule has 3 atom stereocenters. The fraction of sp³-hybridized carbons (Fsp3) is 0.250. The first-order chi connectivity index (χ1) is 13.0. The highest BCUT2D eigenvalue weighted by atomic mass is 79.9. The summed E-state index contributed by atoms with van der Waals surface area (Å²) in [5.74, 6) is -0.198. The molecule has 1 saturated heterocycles. The highest BCUT2D eigenvalue weighted by Crippen LogP contribution is 2.43. The lowest BCUT2D eigenvalue weighted by molar-refractivity contribution is -0.896. The van der Waals surface area contributed by atoms with Gasteiger partial charge in [-0.05, 0) is 48.5 Å². The third-order valence-electron chi connectivity index (χ3n) is 4.65. The Morgan fingerprint density at radius 3 is 2.41 bits per heavy atom. The van der Waals surface area contributed by atoms with Crippen molar-refractivity contribution in [1.82, 2.24) is 0 Å². The minimum absolute atomic E-state index is 0.199. The SMILES string of the molecule is C[N+]1(C2(c3ccc(Br)cc3)OCC(COc3ccc(Br)cc3)O2)C=CN=C1. The second-order valence-electron chi connectivity index (χ2n) is 6.61. The van der Waals surface area contributed by atoms with E-state index < -0.39 is 5.91 Å². The van der Waals surface area contributed by atoms with Crippen LogP contribution < -0.4 is 4.74 Å². The number of ether oxygens (including phenoxy) is 3. The van der Waals surface area contributed by atoms with Gasteiger partial charge >= 0.3 is 5.91 Å². The monoisotopic (exact) mass is 493 g/mol. The number of aliphatic imine (C=N–C) groups is 1. The Morgan fingerprint density at radius 1 is 1.11 bits per heavy atom. The molecule has 0 saturated carbocycles. The quantitative estimate of drug-likeness (QED) is 0.562. The number of quaternary nitrogens is 1. The van der Waals surface area contributed by atoms with Gasteiger partial charge in [-0.15, -0.1) is 0 Å². The maximum Gasteiger partial charge on any atom is 0.358 e. The number of nitrogens with zero attached hydrogens (tertiary/aromatic N) is 2. The van der Waals surface area contributed by atoms with Gasteiger partial charge in [0.2, 0.25) is 0 Å². The zero-order chi connectivity index (χ0) is 18.9. The van der Waals surface area contributed by atoms with E-state index in [9.17, 15) is 0 Å². The number of hydrogen-bond acceptors (Lipinski definition) is 4. The van der Waals surface area contributed by atoms with Crippen LogP contribution in [0.2, 0.25) is 0 Å². The lowest BCUT2D eigenvalue weighted by Gasteiger charge is -2.39. The van der Waals surface area contributed by atoms with E-state index in [0.29, 0.717) is 13.2 Å². The minimum Gasteiger partial charge on any atom is -0.491 e. The second kappa shape index (κ2) is 7.48. The average Bonchev–Trinajstić information content (AvgIpc) is 3.30. The van der Waals surface area contributed by atoms with E-state index in [4.69, 9.17) is 14.2 Å². The predicted molar refractivity (Wildman–Crippen MR) is 110 cm³/mol. The van der Waals surface area contributed by atoms with E-state index in [1.807, 2.05) is 68.1 Å². The Hall–Kier alpha value is -1.51. The van der Waals surface area contributed by atoms with Crippen molar-refractivity contribution < 1.29 is 18.7 Å². The highest BCUT2D eigenvalue weighted by Gasteiger charge is 2.58. The lowest BCUT2D eigenvalue weighted by atomic mass is 10.1. The number of hydrogen-bond donors (Lipinski definition) is 0. The molecule has 2 aliphatic rings. The van der Waals surface area contributed by atoms with Crippen LogP contribution in [0.4, 0.5) is 0 Å².